The minimum atomic E-state index is -0.539. The van der Waals surface area contributed by atoms with Crippen LogP contribution in [-0.4, -0.2) is 82.8 Å². The molecule has 1 aromatic heterocycles. The van der Waals surface area contributed by atoms with E-state index in [1.54, 1.807) is 7.11 Å². The third kappa shape index (κ3) is 11.0. The second-order valence-electron chi connectivity index (χ2n) is 7.16. The number of rotatable bonds is 17. The van der Waals surface area contributed by atoms with Gasteiger partial charge < -0.3 is 9.64 Å². The SMILES string of the molecule is CCCCC[C@H](CN(O)C=O)C(=O)NNc1ncnc(CCCN(C)CCOC)n1. The molecule has 0 fully saturated rings. The number of unbranched alkanes of at least 4 members (excludes halogenated alkanes) is 2. The molecule has 11 heteroatoms. The van der Waals surface area contributed by atoms with Crippen LogP contribution in [-0.2, 0) is 20.7 Å². The molecule has 0 aliphatic heterocycles. The van der Waals surface area contributed by atoms with Crippen molar-refractivity contribution in [3.05, 3.63) is 12.2 Å². The molecule has 0 unspecified atom stereocenters. The van der Waals surface area contributed by atoms with Crippen LogP contribution < -0.4 is 10.9 Å². The van der Waals surface area contributed by atoms with Crippen molar-refractivity contribution in [1.82, 2.24) is 30.3 Å². The lowest BCUT2D eigenvalue weighted by Gasteiger charge is -2.19. The summed E-state index contributed by atoms with van der Waals surface area (Å²) in [7, 11) is 3.71. The van der Waals surface area contributed by atoms with Crippen LogP contribution in [0.5, 0.6) is 0 Å². The lowest BCUT2D eigenvalue weighted by atomic mass is 10.0. The third-order valence-electron chi connectivity index (χ3n) is 4.59. The number of carbonyl (C=O) groups excluding carboxylic acids is 2. The zero-order valence-electron chi connectivity index (χ0n) is 18.2. The van der Waals surface area contributed by atoms with E-state index in [4.69, 9.17) is 4.74 Å². The Morgan fingerprint density at radius 1 is 1.30 bits per heavy atom. The summed E-state index contributed by atoms with van der Waals surface area (Å²) in [6, 6.07) is 0. The Balaban J connectivity index is 2.51. The topological polar surface area (TPSA) is 133 Å². The van der Waals surface area contributed by atoms with Crippen LogP contribution in [0, 0.1) is 5.92 Å². The van der Waals surface area contributed by atoms with Gasteiger partial charge in [-0.05, 0) is 26.4 Å². The normalized spacial score (nSPS) is 11.9. The molecule has 2 amide bonds. The van der Waals surface area contributed by atoms with Crippen LogP contribution in [0.25, 0.3) is 0 Å². The number of methoxy groups -OCH3 is 1. The molecular weight excluding hydrogens is 390 g/mol. The zero-order valence-corrected chi connectivity index (χ0v) is 18.2. The van der Waals surface area contributed by atoms with Gasteiger partial charge in [-0.2, -0.15) is 9.97 Å². The van der Waals surface area contributed by atoms with Crippen LogP contribution in [0.2, 0.25) is 0 Å². The van der Waals surface area contributed by atoms with Gasteiger partial charge in [0.15, 0.2) is 0 Å². The first-order valence-corrected chi connectivity index (χ1v) is 10.3. The number of likely N-dealkylation sites (N-methyl/N-ethyl adjacent to an activating group) is 1. The summed E-state index contributed by atoms with van der Waals surface area (Å²) in [6.07, 6.45) is 6.63. The molecule has 0 aromatic carbocycles. The van der Waals surface area contributed by atoms with E-state index in [0.29, 0.717) is 36.7 Å². The summed E-state index contributed by atoms with van der Waals surface area (Å²) in [5, 5.41) is 9.93. The van der Waals surface area contributed by atoms with Crippen molar-refractivity contribution in [3.8, 4) is 0 Å². The van der Waals surface area contributed by atoms with Gasteiger partial charge in [0, 0.05) is 20.1 Å². The van der Waals surface area contributed by atoms with Gasteiger partial charge >= 0.3 is 0 Å². The van der Waals surface area contributed by atoms with E-state index in [1.807, 2.05) is 7.05 Å². The molecule has 1 aromatic rings. The largest absolute Gasteiger partial charge is 0.383 e. The highest BCUT2D eigenvalue weighted by atomic mass is 16.5. The Hall–Kier alpha value is -2.37. The molecule has 0 saturated heterocycles. The van der Waals surface area contributed by atoms with E-state index in [9.17, 15) is 14.8 Å². The average molecular weight is 426 g/mol. The molecule has 11 nitrogen and oxygen atoms in total. The maximum absolute atomic E-state index is 12.5. The van der Waals surface area contributed by atoms with E-state index in [2.05, 4.69) is 37.6 Å². The molecule has 30 heavy (non-hydrogen) atoms. The number of nitrogens with zero attached hydrogens (tertiary/aromatic N) is 5. The number of hydroxylamine groups is 2. The fourth-order valence-corrected chi connectivity index (χ4v) is 2.81. The summed E-state index contributed by atoms with van der Waals surface area (Å²) in [6.45, 7) is 4.44. The van der Waals surface area contributed by atoms with E-state index in [0.717, 1.165) is 38.8 Å². The van der Waals surface area contributed by atoms with E-state index < -0.39 is 5.92 Å². The number of ether oxygens (including phenoxy) is 1. The maximum Gasteiger partial charge on any atom is 0.245 e. The third-order valence-corrected chi connectivity index (χ3v) is 4.59. The van der Waals surface area contributed by atoms with Crippen molar-refractivity contribution in [2.24, 2.45) is 5.92 Å². The van der Waals surface area contributed by atoms with Crippen molar-refractivity contribution >= 4 is 18.3 Å². The molecular formula is C19H35N7O4. The van der Waals surface area contributed by atoms with Crippen molar-refractivity contribution < 1.29 is 19.5 Å². The van der Waals surface area contributed by atoms with Gasteiger partial charge in [-0.1, -0.05) is 26.2 Å². The number of anilines is 1. The predicted molar refractivity (Wildman–Crippen MR) is 111 cm³/mol. The number of aryl methyl sites for hydroxylation is 1. The zero-order chi connectivity index (χ0) is 22.2. The van der Waals surface area contributed by atoms with Gasteiger partial charge in [0.1, 0.15) is 12.2 Å². The smallest absolute Gasteiger partial charge is 0.245 e. The Labute approximate surface area is 178 Å². The second-order valence-corrected chi connectivity index (χ2v) is 7.16. The van der Waals surface area contributed by atoms with Crippen molar-refractivity contribution in [2.75, 3.05) is 45.8 Å². The summed E-state index contributed by atoms with van der Waals surface area (Å²) in [5.74, 6) is -0.00885. The summed E-state index contributed by atoms with van der Waals surface area (Å²) in [5.41, 5.74) is 5.26. The van der Waals surface area contributed by atoms with Gasteiger partial charge in [-0.25, -0.2) is 10.0 Å². The van der Waals surface area contributed by atoms with Gasteiger partial charge in [-0.15, -0.1) is 0 Å². The van der Waals surface area contributed by atoms with E-state index in [-0.39, 0.29) is 18.4 Å². The van der Waals surface area contributed by atoms with Gasteiger partial charge in [-0.3, -0.25) is 25.6 Å². The molecule has 1 rings (SSSR count). The Kier molecular flexibility index (Phi) is 13.2. The molecule has 3 N–H and O–H groups in total. The molecule has 1 heterocycles. The molecule has 0 spiro atoms. The first-order valence-electron chi connectivity index (χ1n) is 10.3. The average Bonchev–Trinajstić information content (AvgIpc) is 2.75. The van der Waals surface area contributed by atoms with Crippen LogP contribution in [0.1, 0.15) is 44.9 Å². The number of carbonyl (C=O) groups is 2. The standard InChI is InChI=1S/C19H35N7O4/c1-4-5-6-8-16(13-26(29)15-27)18(28)23-24-19-21-14-20-17(22-19)9-7-10-25(2)11-12-30-3/h14-16,29H,4-13H2,1-3H3,(H,23,28)(H,20,21,22,24)/t16-/m1/s1. The van der Waals surface area contributed by atoms with Gasteiger partial charge in [0.25, 0.3) is 0 Å². The minimum Gasteiger partial charge on any atom is -0.383 e. The first kappa shape index (κ1) is 25.7. The number of hydrogen-bond donors (Lipinski definition) is 3. The monoisotopic (exact) mass is 425 g/mol. The summed E-state index contributed by atoms with van der Waals surface area (Å²) < 4.78 is 5.06. The van der Waals surface area contributed by atoms with Crippen LogP contribution in [0.4, 0.5) is 5.95 Å². The molecule has 0 radical (unpaired) electrons. The first-order chi connectivity index (χ1) is 14.5. The second kappa shape index (κ2) is 15.5. The number of amides is 2. The highest BCUT2D eigenvalue weighted by molar-refractivity contribution is 5.80. The summed E-state index contributed by atoms with van der Waals surface area (Å²) in [4.78, 5) is 37.8. The fourth-order valence-electron chi connectivity index (χ4n) is 2.81. The molecule has 0 bridgehead atoms. The summed E-state index contributed by atoms with van der Waals surface area (Å²) >= 11 is 0. The minimum absolute atomic E-state index is 0.0697. The molecule has 1 atom stereocenters. The van der Waals surface area contributed by atoms with Gasteiger partial charge in [0.05, 0.1) is 19.1 Å². The molecule has 170 valence electrons. The quantitative estimate of drug-likeness (QED) is 0.144. The fraction of sp³-hybridized carbons (Fsp3) is 0.737. The lowest BCUT2D eigenvalue weighted by molar-refractivity contribution is -0.154. The Morgan fingerprint density at radius 2 is 2.10 bits per heavy atom. The van der Waals surface area contributed by atoms with Crippen molar-refractivity contribution in [2.45, 2.75) is 45.4 Å². The van der Waals surface area contributed by atoms with Crippen molar-refractivity contribution in [1.29, 1.82) is 0 Å². The highest BCUT2D eigenvalue weighted by Gasteiger charge is 2.20. The van der Waals surface area contributed by atoms with Crippen LogP contribution >= 0.6 is 0 Å². The lowest BCUT2D eigenvalue weighted by Crippen LogP contribution is -2.40. The molecule has 0 aliphatic rings. The Bertz CT molecular complexity index is 620. The number of nitrogens with one attached hydrogen (secondary N) is 2. The molecule has 0 aliphatic carbocycles. The van der Waals surface area contributed by atoms with Gasteiger partial charge in [0.2, 0.25) is 18.3 Å². The number of aromatic nitrogens is 3. The van der Waals surface area contributed by atoms with Crippen molar-refractivity contribution in [3.63, 3.8) is 0 Å². The predicted octanol–water partition coefficient (Wildman–Crippen LogP) is 0.870. The van der Waals surface area contributed by atoms with E-state index in [1.165, 1.54) is 6.33 Å². The number of hydrogen-bond acceptors (Lipinski definition) is 9. The molecule has 0 saturated carbocycles. The number of hydrazine groups is 1. The Morgan fingerprint density at radius 3 is 2.80 bits per heavy atom. The van der Waals surface area contributed by atoms with Crippen LogP contribution in [0.3, 0.4) is 0 Å². The highest BCUT2D eigenvalue weighted by Crippen LogP contribution is 2.11. The van der Waals surface area contributed by atoms with E-state index >= 15 is 0 Å². The maximum atomic E-state index is 12.5. The van der Waals surface area contributed by atoms with Crippen LogP contribution in [0.15, 0.2) is 6.33 Å².